The molecule has 0 fully saturated rings. The van der Waals surface area contributed by atoms with Crippen molar-refractivity contribution in [1.82, 2.24) is 55.0 Å². The third-order valence-corrected chi connectivity index (χ3v) is 14.1. The lowest BCUT2D eigenvalue weighted by Crippen LogP contribution is -2.43. The minimum atomic E-state index is -0.929. The summed E-state index contributed by atoms with van der Waals surface area (Å²) in [5.41, 5.74) is 3.13. The number of fused-ring (bicyclic) bond motifs is 2. The minimum absolute atomic E-state index is 0.0227. The summed E-state index contributed by atoms with van der Waals surface area (Å²) in [5.74, 6) is -3.27. The predicted octanol–water partition coefficient (Wildman–Crippen LogP) is 10.5. The number of halogens is 4. The quantitative estimate of drug-likeness (QED) is 0.0327. The summed E-state index contributed by atoms with van der Waals surface area (Å²) in [6.45, 7) is 14.0. The molecule has 0 spiro atoms. The molecule has 0 aliphatic carbocycles. The number of benzene rings is 4. The van der Waals surface area contributed by atoms with Crippen molar-refractivity contribution in [2.24, 2.45) is 0 Å². The van der Waals surface area contributed by atoms with E-state index >= 15 is 0 Å². The minimum Gasteiger partial charge on any atom is -0.354 e. The number of urea groups is 1. The first-order chi connectivity index (χ1) is 39.7. The number of aromatic nitrogens is 8. The number of thiazole rings is 1. The van der Waals surface area contributed by atoms with E-state index in [1.807, 2.05) is 26.8 Å². The molecule has 6 heterocycles. The number of aryl methyl sites for hydroxylation is 2. The summed E-state index contributed by atoms with van der Waals surface area (Å²) >= 11 is 1.29. The van der Waals surface area contributed by atoms with Crippen molar-refractivity contribution < 1.29 is 31.9 Å². The van der Waals surface area contributed by atoms with Crippen LogP contribution in [0, 0.1) is 37.1 Å². The van der Waals surface area contributed by atoms with E-state index in [2.05, 4.69) is 70.3 Å². The molecule has 9 aromatic rings. The van der Waals surface area contributed by atoms with Gasteiger partial charge in [-0.1, -0.05) is 45.0 Å². The maximum Gasteiger partial charge on any atom is 0.328 e. The molecule has 4 amide bonds. The smallest absolute Gasteiger partial charge is 0.328 e. The van der Waals surface area contributed by atoms with Crippen LogP contribution in [0.25, 0.3) is 39.2 Å². The summed E-state index contributed by atoms with van der Waals surface area (Å²) in [6.07, 6.45) is 6.45. The second-order valence-corrected chi connectivity index (χ2v) is 19.7. The van der Waals surface area contributed by atoms with Gasteiger partial charge >= 0.3 is 6.03 Å². The summed E-state index contributed by atoms with van der Waals surface area (Å²) in [7, 11) is 0. The molecule has 0 unspecified atom stereocenters. The van der Waals surface area contributed by atoms with Crippen LogP contribution < -0.4 is 37.0 Å². The van der Waals surface area contributed by atoms with Gasteiger partial charge in [-0.05, 0) is 112 Å². The fourth-order valence-electron chi connectivity index (χ4n) is 9.12. The molecule has 6 N–H and O–H groups in total. The Morgan fingerprint density at radius 2 is 1.37 bits per heavy atom. The van der Waals surface area contributed by atoms with Crippen molar-refractivity contribution in [1.29, 1.82) is 0 Å². The first-order valence-corrected chi connectivity index (χ1v) is 27.3. The Morgan fingerprint density at radius 3 is 2.00 bits per heavy atom. The summed E-state index contributed by atoms with van der Waals surface area (Å²) in [4.78, 5) is 85.0. The number of carbonyl (C=O) groups is 3. The molecule has 0 bridgehead atoms. The maximum absolute atomic E-state index is 15.0. The molecular formula is C58H57F4N15O4S. The standard InChI is InChI=1S/C30H37F2N7O2.C28H20F2N8O2S/c1-5-14-33-28(40)20-13-12-19(4)21(17-20)25-22-18-35-30(41)39(26-23(31)10-8-11-24(26)32)27(22)37-29(36-25)34-15-9-16-38(6-2)7-3;1-15-5-6-16(26(40)37-28-33-11-12-41-28)13-18(15)23-17-7-8-22(39)38(24-19(29)3-2-4-20(24)30)25(17)36-27(35-23)34-14-21-31-9-10-32-21/h8,10-13,17H,5-7,9,14-16,18H2,1-4H3,(H,33,40)(H,35,41)(H,34,36,37);2-13H,14H2,1H3,(H,31,32)(H,33,37,40)(H,34,35,36). The van der Waals surface area contributed by atoms with Gasteiger partial charge < -0.3 is 31.2 Å². The van der Waals surface area contributed by atoms with Crippen LogP contribution in [0.1, 0.15) is 76.8 Å². The van der Waals surface area contributed by atoms with Crippen LogP contribution in [0.2, 0.25) is 0 Å². The number of imidazole rings is 1. The molecule has 0 atom stereocenters. The van der Waals surface area contributed by atoms with Gasteiger partial charge in [0.1, 0.15) is 40.5 Å². The number of H-pyrrole nitrogens is 1. The second-order valence-electron chi connectivity index (χ2n) is 18.8. The van der Waals surface area contributed by atoms with E-state index in [-0.39, 0.29) is 48.3 Å². The van der Waals surface area contributed by atoms with E-state index in [4.69, 9.17) is 9.97 Å². The summed E-state index contributed by atoms with van der Waals surface area (Å²) in [6, 6.07) is 19.2. The number of carbonyl (C=O) groups excluding carboxylic acids is 3. The number of amides is 4. The molecule has 0 saturated carbocycles. The average Bonchev–Trinajstić information content (AvgIpc) is 4.34. The van der Waals surface area contributed by atoms with Crippen molar-refractivity contribution in [3.63, 3.8) is 0 Å². The molecule has 5 aromatic heterocycles. The normalized spacial score (nSPS) is 11.9. The first-order valence-electron chi connectivity index (χ1n) is 26.4. The SMILES string of the molecule is CCCNC(=O)c1ccc(C)c(-c2nc(NCCCN(CC)CC)nc3c2CNC(=O)N3c2c(F)cccc2F)c1.Cc1ccc(C(=O)Nc2nccs2)cc1-c1nc(NCc2ncc[nH]2)nc2c1ccc(=O)n2-c1c(F)cccc1F. The largest absolute Gasteiger partial charge is 0.354 e. The van der Waals surface area contributed by atoms with Gasteiger partial charge in [0.2, 0.25) is 11.9 Å². The van der Waals surface area contributed by atoms with E-state index < -0.39 is 46.2 Å². The van der Waals surface area contributed by atoms with E-state index in [0.717, 1.165) is 77.3 Å². The monoisotopic (exact) mass is 1140 g/mol. The third kappa shape index (κ3) is 12.6. The zero-order chi connectivity index (χ0) is 58.0. The Kier molecular flexibility index (Phi) is 18.0. The molecule has 24 heteroatoms. The Balaban J connectivity index is 0.000000198. The Labute approximate surface area is 472 Å². The van der Waals surface area contributed by atoms with Gasteiger partial charge in [0, 0.05) is 76.3 Å². The number of pyridine rings is 1. The summed E-state index contributed by atoms with van der Waals surface area (Å²) in [5, 5.41) is 17.2. The molecule has 10 rings (SSSR count). The number of nitrogens with zero attached hydrogens (tertiary/aromatic N) is 9. The molecule has 1 aliphatic rings. The van der Waals surface area contributed by atoms with Crippen molar-refractivity contribution in [3.8, 4) is 28.2 Å². The molecule has 82 heavy (non-hydrogen) atoms. The van der Waals surface area contributed by atoms with Gasteiger partial charge in [0.15, 0.2) is 16.6 Å². The van der Waals surface area contributed by atoms with Crippen molar-refractivity contribution in [2.75, 3.05) is 53.6 Å². The van der Waals surface area contributed by atoms with E-state index in [0.29, 0.717) is 68.6 Å². The lowest BCUT2D eigenvalue weighted by molar-refractivity contribution is 0.0952. The fourth-order valence-corrected chi connectivity index (χ4v) is 9.64. The van der Waals surface area contributed by atoms with E-state index in [1.165, 1.54) is 35.6 Å². The lowest BCUT2D eigenvalue weighted by Gasteiger charge is -2.31. The highest BCUT2D eigenvalue weighted by Gasteiger charge is 2.34. The Morgan fingerprint density at radius 1 is 0.720 bits per heavy atom. The molecule has 4 aromatic carbocycles. The van der Waals surface area contributed by atoms with Crippen LogP contribution in [0.5, 0.6) is 0 Å². The fraction of sp³-hybridized carbons (Fsp3) is 0.241. The molecule has 1 aliphatic heterocycles. The molecule has 0 saturated heterocycles. The number of hydrogen-bond acceptors (Lipinski definition) is 14. The van der Waals surface area contributed by atoms with Crippen molar-refractivity contribution in [3.05, 3.63) is 176 Å². The topological polar surface area (TPSA) is 233 Å². The van der Waals surface area contributed by atoms with Crippen molar-refractivity contribution in [2.45, 2.75) is 60.5 Å². The summed E-state index contributed by atoms with van der Waals surface area (Å²) < 4.78 is 60.7. The molecular weight excluding hydrogens is 1080 g/mol. The van der Waals surface area contributed by atoms with Crippen LogP contribution in [-0.4, -0.2) is 94.9 Å². The lowest BCUT2D eigenvalue weighted by atomic mass is 9.97. The van der Waals surface area contributed by atoms with E-state index in [1.54, 1.807) is 54.3 Å². The Bertz CT molecular complexity index is 3820. The highest BCUT2D eigenvalue weighted by molar-refractivity contribution is 7.13. The van der Waals surface area contributed by atoms with Crippen LogP contribution in [-0.2, 0) is 13.1 Å². The maximum atomic E-state index is 15.0. The number of aromatic amines is 1. The number of nitrogens with one attached hydrogen (secondary N) is 6. The third-order valence-electron chi connectivity index (χ3n) is 13.4. The zero-order valence-electron chi connectivity index (χ0n) is 45.3. The van der Waals surface area contributed by atoms with Crippen LogP contribution in [0.15, 0.2) is 114 Å². The molecule has 0 radical (unpaired) electrons. The number of anilines is 5. The number of para-hydroxylation sites is 2. The highest BCUT2D eigenvalue weighted by Crippen LogP contribution is 2.40. The highest BCUT2D eigenvalue weighted by atomic mass is 32.1. The van der Waals surface area contributed by atoms with Gasteiger partial charge in [-0.2, -0.15) is 9.97 Å². The average molecular weight is 1140 g/mol. The molecule has 19 nitrogen and oxygen atoms in total. The van der Waals surface area contributed by atoms with Crippen molar-refractivity contribution >= 4 is 68.7 Å². The predicted molar refractivity (Wildman–Crippen MR) is 308 cm³/mol. The van der Waals surface area contributed by atoms with Gasteiger partial charge in [0.05, 0.1) is 24.5 Å². The Hall–Kier alpha value is -9.42. The van der Waals surface area contributed by atoms with Crippen LogP contribution in [0.3, 0.4) is 0 Å². The van der Waals surface area contributed by atoms with E-state index in [9.17, 15) is 36.7 Å². The zero-order valence-corrected chi connectivity index (χ0v) is 46.2. The van der Waals surface area contributed by atoms with Crippen LogP contribution in [0.4, 0.5) is 50.9 Å². The second kappa shape index (κ2) is 25.8. The first kappa shape index (κ1) is 57.3. The number of hydrogen-bond donors (Lipinski definition) is 6. The molecule has 422 valence electrons. The number of rotatable bonds is 19. The van der Waals surface area contributed by atoms with Crippen LogP contribution >= 0.6 is 11.3 Å². The van der Waals surface area contributed by atoms with Gasteiger partial charge in [0.25, 0.3) is 17.4 Å². The van der Waals surface area contributed by atoms with Gasteiger partial charge in [-0.15, -0.1) is 11.3 Å². The van der Waals surface area contributed by atoms with Gasteiger partial charge in [-0.3, -0.25) is 24.3 Å². The van der Waals surface area contributed by atoms with Gasteiger partial charge in [-0.25, -0.2) is 47.2 Å².